The second-order valence-corrected chi connectivity index (χ2v) is 12.0. The van der Waals surface area contributed by atoms with Crippen LogP contribution in [0, 0.1) is 0 Å². The predicted molar refractivity (Wildman–Crippen MR) is 182 cm³/mol. The van der Waals surface area contributed by atoms with Gasteiger partial charge in [-0.05, 0) is 63.7 Å². The fraction of sp³-hybridized carbons (Fsp3) is 0.444. The lowest BCUT2D eigenvalue weighted by Gasteiger charge is -2.21. The van der Waals surface area contributed by atoms with E-state index < -0.39 is 48.6 Å². The molecule has 9 nitrogen and oxygen atoms in total. The van der Waals surface area contributed by atoms with Gasteiger partial charge in [0.15, 0.2) is 11.2 Å². The predicted octanol–water partition coefficient (Wildman–Crippen LogP) is 6.52. The van der Waals surface area contributed by atoms with E-state index in [1.807, 2.05) is 13.0 Å². The first kappa shape index (κ1) is 39.2. The highest BCUT2D eigenvalue weighted by atomic mass is 32.1. The zero-order valence-corrected chi connectivity index (χ0v) is 28.5. The highest BCUT2D eigenvalue weighted by Crippen LogP contribution is 2.33. The largest absolute Gasteiger partial charge is 0.516 e. The van der Waals surface area contributed by atoms with Gasteiger partial charge >= 0.3 is 18.3 Å². The van der Waals surface area contributed by atoms with Gasteiger partial charge in [0.05, 0.1) is 36.2 Å². The van der Waals surface area contributed by atoms with Crippen molar-refractivity contribution in [2.24, 2.45) is 0 Å². The molecule has 0 aliphatic heterocycles. The van der Waals surface area contributed by atoms with Gasteiger partial charge in [-0.2, -0.15) is 13.2 Å². The van der Waals surface area contributed by atoms with Crippen LogP contribution >= 0.6 is 12.2 Å². The van der Waals surface area contributed by atoms with Crippen LogP contribution in [0.4, 0.5) is 18.0 Å². The monoisotopic (exact) mass is 706 g/mol. The van der Waals surface area contributed by atoms with E-state index in [0.29, 0.717) is 42.0 Å². The van der Waals surface area contributed by atoms with Crippen LogP contribution in [0.5, 0.6) is 17.4 Å². The number of fused-ring (bicyclic) bond motifs is 1. The quantitative estimate of drug-likeness (QED) is 0.0616. The van der Waals surface area contributed by atoms with Crippen molar-refractivity contribution in [1.82, 2.24) is 0 Å². The first-order valence-corrected chi connectivity index (χ1v) is 16.4. The van der Waals surface area contributed by atoms with Gasteiger partial charge in [0.25, 0.3) is 0 Å². The number of benzene rings is 1. The Balaban J connectivity index is 1.76. The van der Waals surface area contributed by atoms with Crippen molar-refractivity contribution in [3.63, 3.8) is 0 Å². The lowest BCUT2D eigenvalue weighted by Crippen LogP contribution is -2.44. The molecule has 49 heavy (non-hydrogen) atoms. The van der Waals surface area contributed by atoms with Gasteiger partial charge in [-0.25, -0.2) is 4.79 Å². The van der Waals surface area contributed by atoms with Gasteiger partial charge in [-0.1, -0.05) is 55.9 Å². The van der Waals surface area contributed by atoms with E-state index in [0.717, 1.165) is 20.0 Å². The molecule has 1 aromatic carbocycles. The highest BCUT2D eigenvalue weighted by Gasteiger charge is 2.31. The minimum absolute atomic E-state index is 0.0496. The molecule has 1 aliphatic rings. The lowest BCUT2D eigenvalue weighted by molar-refractivity contribution is -0.136. The summed E-state index contributed by atoms with van der Waals surface area (Å²) in [6, 6.07) is 3.24. The summed E-state index contributed by atoms with van der Waals surface area (Å²) in [6.45, 7) is 3.73. The smallest absolute Gasteiger partial charge is 0.507 e. The van der Waals surface area contributed by atoms with Crippen molar-refractivity contribution in [3.05, 3.63) is 74.0 Å². The second kappa shape index (κ2) is 18.5. The number of hydrogen-bond donors (Lipinski definition) is 2. The molecule has 0 amide bonds. The van der Waals surface area contributed by atoms with Gasteiger partial charge in [0, 0.05) is 29.2 Å². The standard InChI is InChI=1S/C36H41F3O9S/c1-4-12-26-29(18-17-24(22(2)40)32(26)42)46-20-10-8-6-5-7-9-13-25(28(41)14-11-19-36(37,38)39)31-33(43)27-16-15-23(49)21-30(27)47-34(31)48-35(44)45-3/h5,7,9,13,16-18,21,25,28,41-42H,4,6,8,10-12,14-15,19-20H2,1-3H3/b7-5-,13-9+/t25-,28-/m1/s1. The lowest BCUT2D eigenvalue weighted by atomic mass is 9.89. The number of thiocarbonyl (C=S) groups is 1. The zero-order chi connectivity index (χ0) is 36.1. The molecule has 1 aromatic heterocycles. The van der Waals surface area contributed by atoms with E-state index in [9.17, 15) is 37.8 Å². The number of hydrogen-bond acceptors (Lipinski definition) is 10. The highest BCUT2D eigenvalue weighted by molar-refractivity contribution is 7.81. The minimum Gasteiger partial charge on any atom is -0.507 e. The van der Waals surface area contributed by atoms with E-state index in [-0.39, 0.29) is 46.1 Å². The van der Waals surface area contributed by atoms with Crippen LogP contribution in [-0.2, 0) is 11.2 Å². The molecule has 13 heteroatoms. The number of carbonyl (C=O) groups excluding carboxylic acids is 2. The molecule has 1 heterocycles. The number of halogens is 3. The molecule has 0 unspecified atom stereocenters. The van der Waals surface area contributed by atoms with Crippen LogP contribution in [-0.4, -0.2) is 53.0 Å². The van der Waals surface area contributed by atoms with Gasteiger partial charge in [-0.3, -0.25) is 9.59 Å². The normalized spacial score (nSPS) is 14.2. The Morgan fingerprint density at radius 2 is 1.92 bits per heavy atom. The van der Waals surface area contributed by atoms with E-state index in [1.165, 1.54) is 19.1 Å². The Morgan fingerprint density at radius 3 is 2.59 bits per heavy atom. The number of carbonyl (C=O) groups is 2. The molecule has 0 spiro atoms. The zero-order valence-electron chi connectivity index (χ0n) is 27.6. The summed E-state index contributed by atoms with van der Waals surface area (Å²) in [5.74, 6) is -1.50. The van der Waals surface area contributed by atoms with E-state index in [2.05, 4.69) is 4.74 Å². The molecule has 0 saturated heterocycles. The van der Waals surface area contributed by atoms with Gasteiger partial charge in [0.1, 0.15) is 16.9 Å². The Bertz CT molecular complexity index is 1740. The summed E-state index contributed by atoms with van der Waals surface area (Å²) >= 11 is 5.19. The summed E-state index contributed by atoms with van der Waals surface area (Å²) in [5.41, 5.74) is 0.0363. The molecular weight excluding hydrogens is 665 g/mol. The number of phenolic OH excluding ortho intramolecular Hbond substituents is 1. The number of unbranched alkanes of at least 4 members (excludes halogenated alkanes) is 2. The third-order valence-electron chi connectivity index (χ3n) is 7.73. The number of aromatic hydroxyl groups is 1. The topological polar surface area (TPSA) is 132 Å². The molecule has 0 radical (unpaired) electrons. The average Bonchev–Trinajstić information content (AvgIpc) is 3.03. The maximum Gasteiger partial charge on any atom is 0.516 e. The first-order valence-electron chi connectivity index (χ1n) is 16.0. The summed E-state index contributed by atoms with van der Waals surface area (Å²) < 4.78 is 59.9. The number of phenols is 1. The van der Waals surface area contributed by atoms with Crippen molar-refractivity contribution in [1.29, 1.82) is 0 Å². The Labute approximate surface area is 287 Å². The third kappa shape index (κ3) is 11.4. The van der Waals surface area contributed by atoms with Crippen LogP contribution in [0.3, 0.4) is 0 Å². The first-order chi connectivity index (χ1) is 23.3. The van der Waals surface area contributed by atoms with E-state index in [1.54, 1.807) is 30.4 Å². The number of aliphatic hydroxyl groups excluding tert-OH is 1. The fourth-order valence-electron chi connectivity index (χ4n) is 5.29. The number of alkyl halides is 3. The van der Waals surface area contributed by atoms with Gasteiger partial charge < -0.3 is 28.8 Å². The molecule has 3 rings (SSSR count). The van der Waals surface area contributed by atoms with Gasteiger partial charge in [0.2, 0.25) is 0 Å². The molecular formula is C36H41F3O9S. The number of ether oxygens (including phenoxy) is 3. The maximum absolute atomic E-state index is 13.7. The van der Waals surface area contributed by atoms with E-state index in [4.69, 9.17) is 26.1 Å². The summed E-state index contributed by atoms with van der Waals surface area (Å²) in [5, 5.41) is 21.7. The minimum atomic E-state index is -4.42. The van der Waals surface area contributed by atoms with Crippen LogP contribution in [0.15, 0.2) is 45.6 Å². The Hall–Kier alpha value is -4.23. The van der Waals surface area contributed by atoms with E-state index >= 15 is 0 Å². The molecule has 0 fully saturated rings. The molecule has 1 aliphatic carbocycles. The SMILES string of the molecule is CCCc1c(OCCCC/C=C\C=C\[C@@H](c2c(OC(=O)OC)oc3c(c2=O)=CCC(=S)C=3)[C@H](O)CCCC(F)(F)F)ccc(C(C)=O)c1O. The number of methoxy groups -OCH3 is 1. The van der Waals surface area contributed by atoms with Crippen molar-refractivity contribution in [2.45, 2.75) is 89.8 Å². The van der Waals surface area contributed by atoms with Crippen molar-refractivity contribution >= 4 is 41.2 Å². The molecule has 0 saturated carbocycles. The van der Waals surface area contributed by atoms with Crippen LogP contribution in [0.1, 0.15) is 92.6 Å². The second-order valence-electron chi connectivity index (χ2n) is 11.5. The van der Waals surface area contributed by atoms with Crippen molar-refractivity contribution in [2.75, 3.05) is 13.7 Å². The number of rotatable bonds is 17. The summed E-state index contributed by atoms with van der Waals surface area (Å²) in [4.78, 5) is 38.0. The third-order valence-corrected chi connectivity index (χ3v) is 8.02. The number of ketones is 1. The molecule has 2 atom stereocenters. The number of Topliss-reactive ketones (excluding diaryl/α,β-unsaturated/α-hetero) is 1. The van der Waals surface area contributed by atoms with Crippen LogP contribution < -0.4 is 25.5 Å². The molecule has 0 bridgehead atoms. The molecule has 266 valence electrons. The van der Waals surface area contributed by atoms with Crippen LogP contribution in [0.25, 0.3) is 12.2 Å². The fourth-order valence-corrected chi connectivity index (χ4v) is 5.48. The number of allylic oxidation sites excluding steroid dienone is 3. The Morgan fingerprint density at radius 1 is 1.16 bits per heavy atom. The van der Waals surface area contributed by atoms with Crippen LogP contribution in [0.2, 0.25) is 0 Å². The Kier molecular flexibility index (Phi) is 14.8. The summed E-state index contributed by atoms with van der Waals surface area (Å²) in [7, 11) is 1.05. The average molecular weight is 707 g/mol. The van der Waals surface area contributed by atoms with Crippen molar-refractivity contribution in [3.8, 4) is 17.4 Å². The van der Waals surface area contributed by atoms with Gasteiger partial charge in [-0.15, -0.1) is 0 Å². The molecule has 2 aromatic rings. The summed E-state index contributed by atoms with van der Waals surface area (Å²) in [6.07, 6.45) is 4.23. The van der Waals surface area contributed by atoms with Crippen molar-refractivity contribution < 1.29 is 51.6 Å². The molecule has 2 N–H and O–H groups in total. The maximum atomic E-state index is 13.7. The number of aliphatic hydroxyl groups is 1.